The molecule has 1 aromatic carbocycles. The van der Waals surface area contributed by atoms with Gasteiger partial charge in [-0.2, -0.15) is 0 Å². The summed E-state index contributed by atoms with van der Waals surface area (Å²) in [5.41, 5.74) is 6.92. The van der Waals surface area contributed by atoms with Crippen LogP contribution in [0.4, 0.5) is 4.39 Å². The lowest BCUT2D eigenvalue weighted by Gasteiger charge is -2.32. The van der Waals surface area contributed by atoms with Crippen LogP contribution in [-0.4, -0.2) is 23.4 Å². The van der Waals surface area contributed by atoms with Crippen LogP contribution in [0.2, 0.25) is 0 Å². The van der Waals surface area contributed by atoms with E-state index in [4.69, 9.17) is 5.73 Å². The van der Waals surface area contributed by atoms with Crippen LogP contribution in [0.5, 0.6) is 0 Å². The van der Waals surface area contributed by atoms with E-state index >= 15 is 0 Å². The smallest absolute Gasteiger partial charge is 0.226 e. The van der Waals surface area contributed by atoms with Gasteiger partial charge in [0.25, 0.3) is 0 Å². The van der Waals surface area contributed by atoms with E-state index in [-0.39, 0.29) is 42.1 Å². The molecule has 2 aliphatic rings. The first-order valence-corrected chi connectivity index (χ1v) is 7.96. The largest absolute Gasteiger partial charge is 0.335 e. The maximum Gasteiger partial charge on any atom is 0.226 e. The number of rotatable bonds is 2. The van der Waals surface area contributed by atoms with Crippen molar-refractivity contribution in [1.82, 2.24) is 4.90 Å². The van der Waals surface area contributed by atoms with E-state index in [1.807, 2.05) is 11.0 Å². The average molecular weight is 327 g/mol. The van der Waals surface area contributed by atoms with Crippen LogP contribution in [0.3, 0.4) is 0 Å². The fraction of sp³-hybridized carbons (Fsp3) is 0.588. The summed E-state index contributed by atoms with van der Waals surface area (Å²) in [6.07, 6.45) is 5.72. The lowest BCUT2D eigenvalue weighted by atomic mass is 9.85. The van der Waals surface area contributed by atoms with E-state index in [9.17, 15) is 9.18 Å². The second-order valence-electron chi connectivity index (χ2n) is 6.37. The van der Waals surface area contributed by atoms with Crippen molar-refractivity contribution in [2.75, 3.05) is 6.54 Å². The quantitative estimate of drug-likeness (QED) is 0.905. The Bertz CT molecular complexity index is 525. The number of amides is 1. The molecule has 0 bridgehead atoms. The topological polar surface area (TPSA) is 46.3 Å². The molecule has 2 fully saturated rings. The van der Waals surface area contributed by atoms with E-state index < -0.39 is 0 Å². The first kappa shape index (κ1) is 17.2. The molecule has 3 nitrogen and oxygen atoms in total. The summed E-state index contributed by atoms with van der Waals surface area (Å²) in [6.45, 7) is 0.783. The minimum atomic E-state index is -0.230. The maximum atomic E-state index is 13.4. The van der Waals surface area contributed by atoms with Crippen LogP contribution in [0.25, 0.3) is 0 Å². The van der Waals surface area contributed by atoms with Gasteiger partial charge in [-0.15, -0.1) is 12.4 Å². The van der Waals surface area contributed by atoms with Crippen molar-refractivity contribution in [3.63, 3.8) is 0 Å². The molecule has 0 aromatic heterocycles. The van der Waals surface area contributed by atoms with Crippen molar-refractivity contribution < 1.29 is 9.18 Å². The molecule has 0 spiro atoms. The van der Waals surface area contributed by atoms with E-state index in [1.165, 1.54) is 6.07 Å². The number of halogens is 2. The van der Waals surface area contributed by atoms with E-state index in [0.29, 0.717) is 0 Å². The van der Waals surface area contributed by atoms with Crippen LogP contribution in [-0.2, 0) is 4.79 Å². The predicted octanol–water partition coefficient (Wildman–Crippen LogP) is 3.43. The standard InChI is InChI=1S/C17H23FN2O.ClH/c18-14-6-1-4-12(10-14)16-8-3-9-20(16)17(21)13-5-2-7-15(19)11-13;/h1,4,6,10,13,15-16H,2-3,5,7-9,11,19H2;1H. The number of hydrogen-bond acceptors (Lipinski definition) is 2. The summed E-state index contributed by atoms with van der Waals surface area (Å²) in [5.74, 6) is 0.0475. The Labute approximate surface area is 137 Å². The Morgan fingerprint density at radius 3 is 2.77 bits per heavy atom. The monoisotopic (exact) mass is 326 g/mol. The molecule has 2 N–H and O–H groups in total. The van der Waals surface area contributed by atoms with Gasteiger partial charge in [-0.1, -0.05) is 18.6 Å². The van der Waals surface area contributed by atoms with Crippen molar-refractivity contribution in [2.45, 2.75) is 50.6 Å². The third-order valence-corrected chi connectivity index (χ3v) is 4.83. The first-order chi connectivity index (χ1) is 10.1. The molecule has 3 unspecified atom stereocenters. The van der Waals surface area contributed by atoms with Crippen LogP contribution in [0.15, 0.2) is 24.3 Å². The number of nitrogens with zero attached hydrogens (tertiary/aromatic N) is 1. The summed E-state index contributed by atoms with van der Waals surface area (Å²) in [7, 11) is 0. The van der Waals surface area contributed by atoms with Crippen molar-refractivity contribution in [3.8, 4) is 0 Å². The molecule has 1 heterocycles. The molecule has 1 aliphatic carbocycles. The molecular weight excluding hydrogens is 303 g/mol. The highest BCUT2D eigenvalue weighted by Crippen LogP contribution is 2.35. The highest BCUT2D eigenvalue weighted by atomic mass is 35.5. The van der Waals surface area contributed by atoms with Gasteiger partial charge in [0, 0.05) is 18.5 Å². The number of nitrogens with two attached hydrogens (primary N) is 1. The Hall–Kier alpha value is -1.13. The summed E-state index contributed by atoms with van der Waals surface area (Å²) < 4.78 is 13.4. The zero-order chi connectivity index (χ0) is 14.8. The predicted molar refractivity (Wildman–Crippen MR) is 87.3 cm³/mol. The van der Waals surface area contributed by atoms with Crippen molar-refractivity contribution in [3.05, 3.63) is 35.6 Å². The summed E-state index contributed by atoms with van der Waals surface area (Å²) in [4.78, 5) is 14.7. The Balaban J connectivity index is 0.00000176. The molecule has 5 heteroatoms. The van der Waals surface area contributed by atoms with Gasteiger partial charge in [0.2, 0.25) is 5.91 Å². The third-order valence-electron chi connectivity index (χ3n) is 4.83. The lowest BCUT2D eigenvalue weighted by Crippen LogP contribution is -2.40. The molecule has 22 heavy (non-hydrogen) atoms. The van der Waals surface area contributed by atoms with Gasteiger partial charge in [0.1, 0.15) is 5.82 Å². The third kappa shape index (κ3) is 3.61. The molecule has 3 atom stereocenters. The van der Waals surface area contributed by atoms with Crippen molar-refractivity contribution >= 4 is 18.3 Å². The van der Waals surface area contributed by atoms with Crippen molar-refractivity contribution in [1.29, 1.82) is 0 Å². The molecule has 1 saturated heterocycles. The van der Waals surface area contributed by atoms with Crippen LogP contribution in [0, 0.1) is 11.7 Å². The van der Waals surface area contributed by atoms with E-state index in [0.717, 1.165) is 50.6 Å². The fourth-order valence-electron chi connectivity index (χ4n) is 3.78. The lowest BCUT2D eigenvalue weighted by molar-refractivity contribution is -0.137. The van der Waals surface area contributed by atoms with Crippen LogP contribution in [0.1, 0.15) is 50.1 Å². The maximum absolute atomic E-state index is 13.4. The van der Waals surface area contributed by atoms with Crippen LogP contribution < -0.4 is 5.73 Å². The van der Waals surface area contributed by atoms with E-state index in [1.54, 1.807) is 12.1 Å². The molecule has 0 radical (unpaired) electrons. The zero-order valence-electron chi connectivity index (χ0n) is 12.7. The summed E-state index contributed by atoms with van der Waals surface area (Å²) in [5, 5.41) is 0. The van der Waals surface area contributed by atoms with Gasteiger partial charge < -0.3 is 10.6 Å². The Morgan fingerprint density at radius 1 is 1.23 bits per heavy atom. The van der Waals surface area contributed by atoms with Gasteiger partial charge >= 0.3 is 0 Å². The minimum absolute atomic E-state index is 0. The summed E-state index contributed by atoms with van der Waals surface area (Å²) >= 11 is 0. The number of carbonyl (C=O) groups excluding carboxylic acids is 1. The normalized spacial score (nSPS) is 28.3. The Morgan fingerprint density at radius 2 is 2.05 bits per heavy atom. The SMILES string of the molecule is Cl.NC1CCCC(C(=O)N2CCCC2c2cccc(F)c2)C1. The molecule has 3 rings (SSSR count). The molecular formula is C17H24ClFN2O. The molecule has 1 amide bonds. The van der Waals surface area contributed by atoms with Gasteiger partial charge in [-0.3, -0.25) is 4.79 Å². The second kappa shape index (κ2) is 7.42. The number of hydrogen-bond donors (Lipinski definition) is 1. The second-order valence-corrected chi connectivity index (χ2v) is 6.37. The molecule has 1 aliphatic heterocycles. The number of carbonyl (C=O) groups is 1. The fourth-order valence-corrected chi connectivity index (χ4v) is 3.78. The highest BCUT2D eigenvalue weighted by molar-refractivity contribution is 5.85. The van der Waals surface area contributed by atoms with E-state index in [2.05, 4.69) is 0 Å². The summed E-state index contributed by atoms with van der Waals surface area (Å²) in [6, 6.07) is 6.84. The van der Waals surface area contributed by atoms with Crippen LogP contribution >= 0.6 is 12.4 Å². The number of benzene rings is 1. The van der Waals surface area contributed by atoms with Gasteiger partial charge in [0.05, 0.1) is 6.04 Å². The van der Waals surface area contributed by atoms with Gasteiger partial charge in [0.15, 0.2) is 0 Å². The molecule has 122 valence electrons. The average Bonchev–Trinajstić information content (AvgIpc) is 2.96. The Kier molecular flexibility index (Phi) is 5.81. The van der Waals surface area contributed by atoms with Gasteiger partial charge in [-0.25, -0.2) is 4.39 Å². The van der Waals surface area contributed by atoms with Crippen molar-refractivity contribution in [2.24, 2.45) is 11.7 Å². The van der Waals surface area contributed by atoms with Gasteiger partial charge in [-0.05, 0) is 49.8 Å². The first-order valence-electron chi connectivity index (χ1n) is 7.96. The minimum Gasteiger partial charge on any atom is -0.335 e. The molecule has 1 aromatic rings. The number of likely N-dealkylation sites (tertiary alicyclic amines) is 1. The highest BCUT2D eigenvalue weighted by Gasteiger charge is 2.35. The molecule has 1 saturated carbocycles. The zero-order valence-corrected chi connectivity index (χ0v) is 13.5.